The summed E-state index contributed by atoms with van der Waals surface area (Å²) in [5.41, 5.74) is 1.01. The zero-order valence-corrected chi connectivity index (χ0v) is 13.1. The van der Waals surface area contributed by atoms with Gasteiger partial charge in [0.15, 0.2) is 0 Å². The van der Waals surface area contributed by atoms with E-state index >= 15 is 0 Å². The smallest absolute Gasteiger partial charge is 0.222 e. The molecule has 1 saturated heterocycles. The molecule has 0 radical (unpaired) electrons. The van der Waals surface area contributed by atoms with Crippen molar-refractivity contribution in [2.24, 2.45) is 0 Å². The van der Waals surface area contributed by atoms with Crippen LogP contribution in [0, 0.1) is 11.3 Å². The Morgan fingerprint density at radius 1 is 1.30 bits per heavy atom. The minimum Gasteiger partial charge on any atom is -0.340 e. The number of piperazine rings is 1. The molecule has 0 unspecified atom stereocenters. The summed E-state index contributed by atoms with van der Waals surface area (Å²) >= 11 is 3.40. The maximum atomic E-state index is 11.7. The van der Waals surface area contributed by atoms with E-state index in [1.54, 1.807) is 0 Å². The van der Waals surface area contributed by atoms with Crippen LogP contribution in [0.5, 0.6) is 0 Å². The fourth-order valence-corrected chi connectivity index (χ4v) is 2.73. The summed E-state index contributed by atoms with van der Waals surface area (Å²) in [6.45, 7) is 4.80. The van der Waals surface area contributed by atoms with E-state index in [4.69, 9.17) is 0 Å². The van der Waals surface area contributed by atoms with E-state index in [9.17, 15) is 10.1 Å². The first-order valence-corrected chi connectivity index (χ1v) is 7.62. The number of nitrogens with zero attached hydrogens (tertiary/aromatic N) is 3. The number of carbonyl (C=O) groups excluding carboxylic acids is 1. The normalized spacial score (nSPS) is 17.6. The molecule has 1 heterocycles. The molecule has 5 heteroatoms. The molecule has 1 aliphatic heterocycles. The molecule has 0 aliphatic carbocycles. The topological polar surface area (TPSA) is 47.3 Å². The number of amides is 1. The monoisotopic (exact) mass is 335 g/mol. The molecule has 4 nitrogen and oxygen atoms in total. The van der Waals surface area contributed by atoms with Gasteiger partial charge in [-0.3, -0.25) is 9.69 Å². The Morgan fingerprint density at radius 2 is 1.90 bits per heavy atom. The summed E-state index contributed by atoms with van der Waals surface area (Å²) in [4.78, 5) is 15.7. The molecule has 1 atom stereocenters. The van der Waals surface area contributed by atoms with Crippen LogP contribution in [0.3, 0.4) is 0 Å². The van der Waals surface area contributed by atoms with Gasteiger partial charge >= 0.3 is 0 Å². The number of hydrogen-bond acceptors (Lipinski definition) is 3. The van der Waals surface area contributed by atoms with Crippen molar-refractivity contribution in [2.45, 2.75) is 19.4 Å². The number of benzene rings is 1. The van der Waals surface area contributed by atoms with Crippen molar-refractivity contribution < 1.29 is 4.79 Å². The third kappa shape index (κ3) is 3.38. The van der Waals surface area contributed by atoms with Crippen LogP contribution < -0.4 is 0 Å². The van der Waals surface area contributed by atoms with E-state index in [-0.39, 0.29) is 11.9 Å². The molecule has 1 aromatic carbocycles. The van der Waals surface area contributed by atoms with Crippen molar-refractivity contribution in [3.05, 3.63) is 34.3 Å². The lowest BCUT2D eigenvalue weighted by Gasteiger charge is -2.37. The predicted octanol–water partition coefficient (Wildman–Crippen LogP) is 2.57. The van der Waals surface area contributed by atoms with Gasteiger partial charge in [0, 0.05) is 37.1 Å². The summed E-state index contributed by atoms with van der Waals surface area (Å²) in [5.74, 6) is 0.196. The third-order valence-electron chi connectivity index (χ3n) is 3.64. The molecule has 1 amide bonds. The van der Waals surface area contributed by atoms with E-state index in [0.29, 0.717) is 19.5 Å². The molecule has 0 saturated carbocycles. The Kier molecular flexibility index (Phi) is 5.16. The summed E-state index contributed by atoms with van der Waals surface area (Å²) in [7, 11) is 0. The average Bonchev–Trinajstić information content (AvgIpc) is 2.50. The summed E-state index contributed by atoms with van der Waals surface area (Å²) in [5, 5.41) is 9.44. The summed E-state index contributed by atoms with van der Waals surface area (Å²) < 4.78 is 1.01. The molecule has 0 bridgehead atoms. The molecular formula is C15H18BrN3O. The minimum atomic E-state index is -0.234. The fraction of sp³-hybridized carbons (Fsp3) is 0.467. The minimum absolute atomic E-state index is 0.196. The second-order valence-corrected chi connectivity index (χ2v) is 5.77. The standard InChI is InChI=1S/C15H18BrN3O/c1-2-15(20)19-9-7-18(8-10-19)14(11-17)12-3-5-13(16)6-4-12/h3-6,14H,2,7-10H2,1H3/t14-/m0/s1. The van der Waals surface area contributed by atoms with E-state index in [2.05, 4.69) is 26.9 Å². The number of rotatable bonds is 3. The first kappa shape index (κ1) is 15.0. The highest BCUT2D eigenvalue weighted by Crippen LogP contribution is 2.23. The van der Waals surface area contributed by atoms with Gasteiger partial charge in [-0.05, 0) is 17.7 Å². The molecule has 0 aromatic heterocycles. The van der Waals surface area contributed by atoms with Crippen molar-refractivity contribution in [1.29, 1.82) is 5.26 Å². The van der Waals surface area contributed by atoms with Gasteiger partial charge in [0.2, 0.25) is 5.91 Å². The van der Waals surface area contributed by atoms with Gasteiger partial charge in [-0.2, -0.15) is 5.26 Å². The van der Waals surface area contributed by atoms with Crippen LogP contribution in [-0.2, 0) is 4.79 Å². The second-order valence-electron chi connectivity index (χ2n) is 4.85. The van der Waals surface area contributed by atoms with Gasteiger partial charge in [0.1, 0.15) is 6.04 Å². The molecular weight excluding hydrogens is 318 g/mol. The molecule has 1 aromatic rings. The van der Waals surface area contributed by atoms with E-state index in [0.717, 1.165) is 23.1 Å². The molecule has 2 rings (SSSR count). The molecule has 1 aliphatic rings. The highest BCUT2D eigenvalue weighted by Gasteiger charge is 2.26. The van der Waals surface area contributed by atoms with Gasteiger partial charge in [0.25, 0.3) is 0 Å². The summed E-state index contributed by atoms with van der Waals surface area (Å²) in [6.07, 6.45) is 0.550. The zero-order chi connectivity index (χ0) is 14.5. The fourth-order valence-electron chi connectivity index (χ4n) is 2.47. The van der Waals surface area contributed by atoms with Crippen LogP contribution in [0.25, 0.3) is 0 Å². The predicted molar refractivity (Wildman–Crippen MR) is 80.9 cm³/mol. The quantitative estimate of drug-likeness (QED) is 0.852. The van der Waals surface area contributed by atoms with Crippen LogP contribution in [0.1, 0.15) is 24.9 Å². The average molecular weight is 336 g/mol. The number of hydrogen-bond donors (Lipinski definition) is 0. The number of carbonyl (C=O) groups is 1. The molecule has 0 N–H and O–H groups in total. The third-order valence-corrected chi connectivity index (χ3v) is 4.17. The highest BCUT2D eigenvalue weighted by atomic mass is 79.9. The van der Waals surface area contributed by atoms with Crippen LogP contribution in [0.15, 0.2) is 28.7 Å². The molecule has 106 valence electrons. The molecule has 0 spiro atoms. The Balaban J connectivity index is 2.02. The lowest BCUT2D eigenvalue weighted by atomic mass is 10.1. The number of nitriles is 1. The molecule has 1 fully saturated rings. The van der Waals surface area contributed by atoms with Crippen molar-refractivity contribution >= 4 is 21.8 Å². The van der Waals surface area contributed by atoms with Gasteiger partial charge in [-0.25, -0.2) is 0 Å². The van der Waals surface area contributed by atoms with Crippen LogP contribution in [-0.4, -0.2) is 41.9 Å². The first-order valence-electron chi connectivity index (χ1n) is 6.82. The van der Waals surface area contributed by atoms with E-state index in [1.165, 1.54) is 0 Å². The Hall–Kier alpha value is -1.38. The van der Waals surface area contributed by atoms with E-state index in [1.807, 2.05) is 36.1 Å². The van der Waals surface area contributed by atoms with Crippen LogP contribution >= 0.6 is 15.9 Å². The van der Waals surface area contributed by atoms with Gasteiger partial charge in [0.05, 0.1) is 6.07 Å². The highest BCUT2D eigenvalue weighted by molar-refractivity contribution is 9.10. The lowest BCUT2D eigenvalue weighted by Crippen LogP contribution is -2.49. The van der Waals surface area contributed by atoms with Crippen molar-refractivity contribution in [3.8, 4) is 6.07 Å². The maximum Gasteiger partial charge on any atom is 0.222 e. The lowest BCUT2D eigenvalue weighted by molar-refractivity contribution is -0.132. The van der Waals surface area contributed by atoms with Crippen LogP contribution in [0.4, 0.5) is 0 Å². The van der Waals surface area contributed by atoms with Crippen molar-refractivity contribution in [3.63, 3.8) is 0 Å². The Bertz CT molecular complexity index is 501. The van der Waals surface area contributed by atoms with Gasteiger partial charge in [-0.1, -0.05) is 35.0 Å². The van der Waals surface area contributed by atoms with Crippen molar-refractivity contribution in [1.82, 2.24) is 9.80 Å². The van der Waals surface area contributed by atoms with E-state index < -0.39 is 0 Å². The largest absolute Gasteiger partial charge is 0.340 e. The summed E-state index contributed by atoms with van der Waals surface area (Å²) in [6, 6.07) is 10.00. The maximum absolute atomic E-state index is 11.7. The Labute approximate surface area is 128 Å². The SMILES string of the molecule is CCC(=O)N1CCN([C@@H](C#N)c2ccc(Br)cc2)CC1. The van der Waals surface area contributed by atoms with Gasteiger partial charge < -0.3 is 4.90 Å². The van der Waals surface area contributed by atoms with Crippen LogP contribution in [0.2, 0.25) is 0 Å². The number of halogens is 1. The Morgan fingerprint density at radius 3 is 2.40 bits per heavy atom. The zero-order valence-electron chi connectivity index (χ0n) is 11.6. The van der Waals surface area contributed by atoms with Crippen molar-refractivity contribution in [2.75, 3.05) is 26.2 Å². The first-order chi connectivity index (χ1) is 9.65. The second kappa shape index (κ2) is 6.87. The van der Waals surface area contributed by atoms with Gasteiger partial charge in [-0.15, -0.1) is 0 Å². The molecule has 20 heavy (non-hydrogen) atoms.